The van der Waals surface area contributed by atoms with E-state index in [1.807, 2.05) is 13.0 Å². The number of ether oxygens (including phenoxy) is 2. The molecule has 2 saturated heterocycles. The molecule has 3 aromatic heterocycles. The lowest BCUT2D eigenvalue weighted by Gasteiger charge is -2.16. The van der Waals surface area contributed by atoms with Crippen LogP contribution in [0.15, 0.2) is 29.2 Å². The van der Waals surface area contributed by atoms with Crippen LogP contribution < -0.4 is 16.2 Å². The molecule has 5 rings (SSSR count). The molecular weight excluding hydrogens is 410 g/mol. The average Bonchev–Trinajstić information content (AvgIpc) is 3.50. The number of hydrogen-bond donors (Lipinski definition) is 2. The maximum Gasteiger partial charge on any atom is 0.267 e. The van der Waals surface area contributed by atoms with E-state index in [2.05, 4.69) is 20.6 Å². The van der Waals surface area contributed by atoms with E-state index in [1.165, 1.54) is 4.40 Å². The molecule has 0 radical (unpaired) electrons. The quantitative estimate of drug-likeness (QED) is 0.569. The smallest absolute Gasteiger partial charge is 0.267 e. The van der Waals surface area contributed by atoms with Gasteiger partial charge in [-0.3, -0.25) is 14.0 Å². The van der Waals surface area contributed by atoms with E-state index < -0.39 is 0 Å². The number of pyridine rings is 2. The highest BCUT2D eigenvalue weighted by atomic mass is 16.5. The zero-order valence-corrected chi connectivity index (χ0v) is 18.1. The number of carbonyl (C=O) groups excluding carboxylic acids is 1. The largest absolute Gasteiger partial charge is 0.376 e. The summed E-state index contributed by atoms with van der Waals surface area (Å²) >= 11 is 0. The third kappa shape index (κ3) is 4.18. The molecular formula is C23H27N5O4. The predicted molar refractivity (Wildman–Crippen MR) is 120 cm³/mol. The molecule has 5 heterocycles. The van der Waals surface area contributed by atoms with Crippen LogP contribution in [-0.2, 0) is 9.47 Å². The highest BCUT2D eigenvalue weighted by molar-refractivity contribution is 6.01. The normalized spacial score (nSPS) is 20.8. The van der Waals surface area contributed by atoms with Crippen molar-refractivity contribution in [1.29, 1.82) is 0 Å². The first-order chi connectivity index (χ1) is 15.6. The summed E-state index contributed by atoms with van der Waals surface area (Å²) in [4.78, 5) is 35.4. The molecule has 2 aliphatic heterocycles. The fourth-order valence-corrected chi connectivity index (χ4v) is 4.27. The molecule has 1 amide bonds. The Morgan fingerprint density at radius 1 is 1.12 bits per heavy atom. The zero-order chi connectivity index (χ0) is 22.1. The van der Waals surface area contributed by atoms with Crippen molar-refractivity contribution in [3.8, 4) is 0 Å². The molecule has 3 aromatic rings. The van der Waals surface area contributed by atoms with Gasteiger partial charge in [0.25, 0.3) is 11.5 Å². The maximum absolute atomic E-state index is 13.2. The van der Waals surface area contributed by atoms with Crippen LogP contribution in [0.25, 0.3) is 16.7 Å². The molecule has 2 atom stereocenters. The molecule has 0 aromatic carbocycles. The summed E-state index contributed by atoms with van der Waals surface area (Å²) in [5.41, 5.74) is 1.84. The molecule has 2 N–H and O–H groups in total. The number of rotatable bonds is 6. The number of aromatic nitrogens is 3. The van der Waals surface area contributed by atoms with Crippen LogP contribution >= 0.6 is 0 Å². The van der Waals surface area contributed by atoms with Crippen molar-refractivity contribution in [1.82, 2.24) is 19.7 Å². The second-order valence-corrected chi connectivity index (χ2v) is 8.47. The van der Waals surface area contributed by atoms with E-state index in [-0.39, 0.29) is 23.7 Å². The second-order valence-electron chi connectivity index (χ2n) is 8.47. The van der Waals surface area contributed by atoms with Crippen molar-refractivity contribution in [2.75, 3.05) is 31.6 Å². The summed E-state index contributed by atoms with van der Waals surface area (Å²) in [7, 11) is 0. The maximum atomic E-state index is 13.2. The molecule has 0 aliphatic carbocycles. The van der Waals surface area contributed by atoms with Crippen LogP contribution in [0.5, 0.6) is 0 Å². The minimum Gasteiger partial charge on any atom is -0.376 e. The van der Waals surface area contributed by atoms with Crippen LogP contribution in [0.2, 0.25) is 0 Å². The molecule has 2 aliphatic rings. The van der Waals surface area contributed by atoms with Crippen LogP contribution in [0, 0.1) is 6.92 Å². The Balaban J connectivity index is 1.52. The second kappa shape index (κ2) is 8.84. The molecule has 168 valence electrons. The van der Waals surface area contributed by atoms with Gasteiger partial charge in [-0.1, -0.05) is 6.07 Å². The predicted octanol–water partition coefficient (Wildman–Crippen LogP) is 2.05. The highest BCUT2D eigenvalue weighted by Crippen LogP contribution is 2.21. The summed E-state index contributed by atoms with van der Waals surface area (Å²) in [6.07, 6.45) is 5.76. The van der Waals surface area contributed by atoms with Crippen molar-refractivity contribution in [3.63, 3.8) is 0 Å². The molecule has 0 bridgehead atoms. The van der Waals surface area contributed by atoms with Gasteiger partial charge in [0, 0.05) is 32.5 Å². The highest BCUT2D eigenvalue weighted by Gasteiger charge is 2.22. The van der Waals surface area contributed by atoms with Crippen LogP contribution in [0.1, 0.15) is 41.6 Å². The van der Waals surface area contributed by atoms with E-state index in [1.54, 1.807) is 18.3 Å². The number of nitrogens with one attached hydrogen (secondary N) is 2. The number of hydrogen-bond acceptors (Lipinski definition) is 7. The Morgan fingerprint density at radius 3 is 2.59 bits per heavy atom. The first kappa shape index (κ1) is 20.8. The van der Waals surface area contributed by atoms with Gasteiger partial charge in [-0.15, -0.1) is 0 Å². The first-order valence-electron chi connectivity index (χ1n) is 11.2. The Labute approximate surface area is 185 Å². The Morgan fingerprint density at radius 2 is 1.88 bits per heavy atom. The van der Waals surface area contributed by atoms with Crippen molar-refractivity contribution < 1.29 is 14.3 Å². The van der Waals surface area contributed by atoms with Gasteiger partial charge in [0.2, 0.25) is 0 Å². The number of amides is 1. The lowest BCUT2D eigenvalue weighted by molar-refractivity contribution is 0.0858. The molecule has 0 unspecified atom stereocenters. The van der Waals surface area contributed by atoms with Crippen molar-refractivity contribution in [3.05, 3.63) is 45.9 Å². The summed E-state index contributed by atoms with van der Waals surface area (Å²) in [5.74, 6) is 0.111. The number of fused-ring (bicyclic) bond motifs is 2. The van der Waals surface area contributed by atoms with Crippen molar-refractivity contribution in [2.24, 2.45) is 0 Å². The van der Waals surface area contributed by atoms with Crippen LogP contribution in [-0.4, -0.2) is 58.8 Å². The molecule has 9 heteroatoms. The zero-order valence-electron chi connectivity index (χ0n) is 18.1. The number of anilines is 1. The van der Waals surface area contributed by atoms with E-state index in [0.717, 1.165) is 44.5 Å². The van der Waals surface area contributed by atoms with Gasteiger partial charge in [-0.25, -0.2) is 9.97 Å². The first-order valence-corrected chi connectivity index (χ1v) is 11.2. The SMILES string of the molecule is Cc1ccc2nc3nc(NC[C@H]4CCCO4)c(C(=O)NC[C@H]4CCCO4)cc3c(=O)n2c1. The van der Waals surface area contributed by atoms with Gasteiger partial charge in [0.15, 0.2) is 5.65 Å². The van der Waals surface area contributed by atoms with Crippen LogP contribution in [0.4, 0.5) is 5.82 Å². The van der Waals surface area contributed by atoms with E-state index in [4.69, 9.17) is 9.47 Å². The number of carbonyl (C=O) groups is 1. The monoisotopic (exact) mass is 437 g/mol. The number of aryl methyl sites for hydroxylation is 1. The van der Waals surface area contributed by atoms with Gasteiger partial charge in [0.1, 0.15) is 11.5 Å². The summed E-state index contributed by atoms with van der Waals surface area (Å²) in [5, 5.41) is 6.49. The average molecular weight is 438 g/mol. The van der Waals surface area contributed by atoms with Gasteiger partial charge in [0.05, 0.1) is 23.2 Å². The van der Waals surface area contributed by atoms with Gasteiger partial charge >= 0.3 is 0 Å². The lowest BCUT2D eigenvalue weighted by Crippen LogP contribution is -2.33. The Hall–Kier alpha value is -3.04. The van der Waals surface area contributed by atoms with Crippen molar-refractivity contribution in [2.45, 2.75) is 44.8 Å². The number of nitrogens with zero attached hydrogens (tertiary/aromatic N) is 3. The van der Waals surface area contributed by atoms with Crippen LogP contribution in [0.3, 0.4) is 0 Å². The lowest BCUT2D eigenvalue weighted by atomic mass is 10.1. The third-order valence-corrected chi connectivity index (χ3v) is 6.03. The molecule has 0 saturated carbocycles. The molecule has 9 nitrogen and oxygen atoms in total. The van der Waals surface area contributed by atoms with Crippen molar-refractivity contribution >= 4 is 28.4 Å². The fraction of sp³-hybridized carbons (Fsp3) is 0.478. The molecule has 0 spiro atoms. The topological polar surface area (TPSA) is 107 Å². The summed E-state index contributed by atoms with van der Waals surface area (Å²) in [6.45, 7) is 4.35. The van der Waals surface area contributed by atoms with Gasteiger partial charge in [-0.2, -0.15) is 0 Å². The minimum atomic E-state index is -0.293. The van der Waals surface area contributed by atoms with E-state index >= 15 is 0 Å². The molecule has 2 fully saturated rings. The standard InChI is InChI=1S/C23H27N5O4/c1-14-6-7-19-26-21-18(23(30)28(19)13-14)10-17(22(29)25-12-16-5-3-9-32-16)20(27-21)24-11-15-4-2-8-31-15/h6-7,10,13,15-16H,2-5,8-9,11-12H2,1H3,(H,24,27)(H,25,29)/t15-,16-/m1/s1. The third-order valence-electron chi connectivity index (χ3n) is 6.03. The molecule has 32 heavy (non-hydrogen) atoms. The van der Waals surface area contributed by atoms with E-state index in [9.17, 15) is 9.59 Å². The summed E-state index contributed by atoms with van der Waals surface area (Å²) < 4.78 is 12.8. The van der Waals surface area contributed by atoms with E-state index in [0.29, 0.717) is 41.2 Å². The van der Waals surface area contributed by atoms with Gasteiger partial charge in [-0.05, 0) is 50.3 Å². The Bertz CT molecular complexity index is 1210. The summed E-state index contributed by atoms with van der Waals surface area (Å²) in [6, 6.07) is 5.28. The fourth-order valence-electron chi connectivity index (χ4n) is 4.27. The van der Waals surface area contributed by atoms with Gasteiger partial charge < -0.3 is 20.1 Å². The Kier molecular flexibility index (Phi) is 5.75. The minimum absolute atomic E-state index is 0.0230.